The van der Waals surface area contributed by atoms with Crippen molar-refractivity contribution in [2.75, 3.05) is 18.0 Å². The number of hydrogen-bond acceptors (Lipinski definition) is 6. The lowest BCUT2D eigenvalue weighted by molar-refractivity contribution is -0.122. The van der Waals surface area contributed by atoms with Crippen molar-refractivity contribution in [1.82, 2.24) is 15.1 Å². The highest BCUT2D eigenvalue weighted by Crippen LogP contribution is 2.33. The molecule has 1 aliphatic heterocycles. The highest BCUT2D eigenvalue weighted by Gasteiger charge is 2.25. The Kier molecular flexibility index (Phi) is 4.63. The van der Waals surface area contributed by atoms with Crippen molar-refractivity contribution < 1.29 is 9.32 Å². The molecule has 150 valence electrons. The van der Waals surface area contributed by atoms with Crippen LogP contribution in [0.5, 0.6) is 0 Å². The zero-order chi connectivity index (χ0) is 20.5. The lowest BCUT2D eigenvalue weighted by atomic mass is 9.96. The molecule has 0 radical (unpaired) electrons. The van der Waals surface area contributed by atoms with E-state index in [4.69, 9.17) is 15.2 Å². The van der Waals surface area contributed by atoms with Gasteiger partial charge >= 0.3 is 0 Å². The van der Waals surface area contributed by atoms with Crippen LogP contribution in [0.15, 0.2) is 65.2 Å². The largest absolute Gasteiger partial charge is 0.369 e. The first kappa shape index (κ1) is 18.3. The van der Waals surface area contributed by atoms with Crippen molar-refractivity contribution in [2.24, 2.45) is 11.7 Å². The first-order valence-electron chi connectivity index (χ1n) is 10.0. The Bertz CT molecular complexity index is 1200. The van der Waals surface area contributed by atoms with Gasteiger partial charge in [0.05, 0.1) is 11.1 Å². The molecule has 2 N–H and O–H groups in total. The van der Waals surface area contributed by atoms with Gasteiger partial charge in [0.1, 0.15) is 5.82 Å². The summed E-state index contributed by atoms with van der Waals surface area (Å²) in [5, 5.41) is 5.12. The second-order valence-electron chi connectivity index (χ2n) is 7.50. The number of amides is 1. The van der Waals surface area contributed by atoms with E-state index in [1.807, 2.05) is 60.7 Å². The van der Waals surface area contributed by atoms with Crippen LogP contribution in [0.2, 0.25) is 0 Å². The van der Waals surface area contributed by atoms with Crippen LogP contribution >= 0.6 is 0 Å². The Hall–Kier alpha value is -3.74. The van der Waals surface area contributed by atoms with E-state index >= 15 is 0 Å². The molecule has 7 heteroatoms. The molecular formula is C23H21N5O2. The molecule has 1 aliphatic rings. The fraction of sp³-hybridized carbons (Fsp3) is 0.217. The van der Waals surface area contributed by atoms with Crippen molar-refractivity contribution in [2.45, 2.75) is 12.8 Å². The second-order valence-corrected chi connectivity index (χ2v) is 7.50. The van der Waals surface area contributed by atoms with E-state index < -0.39 is 0 Å². The SMILES string of the molecule is NC(=O)C1CCN(c2cc(-c3nc(-c4ccccc4)no3)c3ccccc3n2)CC1. The van der Waals surface area contributed by atoms with Gasteiger partial charge in [-0.3, -0.25) is 4.79 Å². The molecule has 3 heterocycles. The van der Waals surface area contributed by atoms with Crippen LogP contribution in [0, 0.1) is 5.92 Å². The summed E-state index contributed by atoms with van der Waals surface area (Å²) < 4.78 is 5.64. The van der Waals surface area contributed by atoms with Gasteiger partial charge in [-0.25, -0.2) is 4.98 Å². The number of benzene rings is 2. The Balaban J connectivity index is 1.54. The third-order valence-corrected chi connectivity index (χ3v) is 5.61. The summed E-state index contributed by atoms with van der Waals surface area (Å²) in [5.41, 5.74) is 8.09. The number of aromatic nitrogens is 3. The van der Waals surface area contributed by atoms with Crippen molar-refractivity contribution in [3.8, 4) is 22.8 Å². The van der Waals surface area contributed by atoms with Crippen molar-refractivity contribution >= 4 is 22.6 Å². The monoisotopic (exact) mass is 399 g/mol. The summed E-state index contributed by atoms with van der Waals surface area (Å²) >= 11 is 0. The standard InChI is InChI=1S/C23H21N5O2/c24-21(29)15-10-12-28(13-11-15)20-14-18(17-8-4-5-9-19(17)25-20)23-26-22(27-30-23)16-6-2-1-3-7-16/h1-9,14-15H,10-13H2,(H2,24,29). The highest BCUT2D eigenvalue weighted by atomic mass is 16.5. The van der Waals surface area contributed by atoms with Crippen molar-refractivity contribution in [1.29, 1.82) is 0 Å². The predicted molar refractivity (Wildman–Crippen MR) is 115 cm³/mol. The predicted octanol–water partition coefficient (Wildman–Crippen LogP) is 3.65. The van der Waals surface area contributed by atoms with Gasteiger partial charge in [-0.15, -0.1) is 0 Å². The number of hydrogen-bond donors (Lipinski definition) is 1. The van der Waals surface area contributed by atoms with E-state index in [0.717, 1.165) is 53.8 Å². The van der Waals surface area contributed by atoms with Gasteiger partial charge in [-0.1, -0.05) is 53.7 Å². The van der Waals surface area contributed by atoms with Crippen LogP contribution in [0.25, 0.3) is 33.7 Å². The number of carbonyl (C=O) groups excluding carboxylic acids is 1. The van der Waals surface area contributed by atoms with Gasteiger partial charge in [0.15, 0.2) is 0 Å². The number of fused-ring (bicyclic) bond motifs is 1. The first-order chi connectivity index (χ1) is 14.7. The van der Waals surface area contributed by atoms with Crippen LogP contribution < -0.4 is 10.6 Å². The average Bonchev–Trinajstić information content (AvgIpc) is 3.29. The number of rotatable bonds is 4. The van der Waals surface area contributed by atoms with E-state index in [2.05, 4.69) is 15.0 Å². The normalized spacial score (nSPS) is 14.9. The van der Waals surface area contributed by atoms with Crippen molar-refractivity contribution in [3.63, 3.8) is 0 Å². The fourth-order valence-electron chi connectivity index (χ4n) is 3.93. The number of pyridine rings is 1. The molecule has 0 atom stereocenters. The van der Waals surface area contributed by atoms with Crippen LogP contribution in [0.4, 0.5) is 5.82 Å². The summed E-state index contributed by atoms with van der Waals surface area (Å²) in [5.74, 6) is 1.56. The molecule has 5 rings (SSSR count). The second kappa shape index (κ2) is 7.59. The molecule has 4 aromatic rings. The Morgan fingerprint density at radius 2 is 1.73 bits per heavy atom. The quantitative estimate of drug-likeness (QED) is 0.562. The summed E-state index contributed by atoms with van der Waals surface area (Å²) in [7, 11) is 0. The van der Waals surface area contributed by atoms with E-state index in [9.17, 15) is 4.79 Å². The number of piperidine rings is 1. The number of anilines is 1. The maximum atomic E-state index is 11.5. The number of primary amides is 1. The Morgan fingerprint density at radius 1 is 1.00 bits per heavy atom. The molecule has 2 aromatic heterocycles. The minimum Gasteiger partial charge on any atom is -0.369 e. The topological polar surface area (TPSA) is 98.1 Å². The smallest absolute Gasteiger partial charge is 0.259 e. The van der Waals surface area contributed by atoms with Crippen molar-refractivity contribution in [3.05, 3.63) is 60.7 Å². The van der Waals surface area contributed by atoms with Gasteiger partial charge in [0.25, 0.3) is 5.89 Å². The molecule has 1 amide bonds. The molecule has 7 nitrogen and oxygen atoms in total. The maximum Gasteiger partial charge on any atom is 0.259 e. The lowest BCUT2D eigenvalue weighted by Crippen LogP contribution is -2.38. The molecule has 0 saturated carbocycles. The molecule has 1 fully saturated rings. The fourth-order valence-corrected chi connectivity index (χ4v) is 3.93. The van der Waals surface area contributed by atoms with Gasteiger partial charge in [0.2, 0.25) is 11.7 Å². The minimum absolute atomic E-state index is 0.0643. The molecule has 0 bridgehead atoms. The average molecular weight is 399 g/mol. The van der Waals surface area contributed by atoms with Gasteiger partial charge in [-0.2, -0.15) is 4.98 Å². The molecule has 0 aliphatic carbocycles. The maximum absolute atomic E-state index is 11.5. The molecule has 0 spiro atoms. The van der Waals surface area contributed by atoms with Gasteiger partial charge in [0, 0.05) is 30.0 Å². The number of carbonyl (C=O) groups is 1. The van der Waals surface area contributed by atoms with E-state index in [1.165, 1.54) is 0 Å². The summed E-state index contributed by atoms with van der Waals surface area (Å²) in [6.45, 7) is 1.47. The molecule has 2 aromatic carbocycles. The number of nitrogens with zero attached hydrogens (tertiary/aromatic N) is 4. The van der Waals surface area contributed by atoms with Crippen LogP contribution in [0.3, 0.4) is 0 Å². The molecule has 1 saturated heterocycles. The van der Waals surface area contributed by atoms with Crippen LogP contribution in [-0.4, -0.2) is 34.1 Å². The summed E-state index contributed by atoms with van der Waals surface area (Å²) in [6, 6.07) is 19.7. The third kappa shape index (κ3) is 3.39. The zero-order valence-corrected chi connectivity index (χ0v) is 16.4. The van der Waals surface area contributed by atoms with E-state index in [-0.39, 0.29) is 11.8 Å². The van der Waals surface area contributed by atoms with Crippen LogP contribution in [-0.2, 0) is 4.79 Å². The summed E-state index contributed by atoms with van der Waals surface area (Å²) in [4.78, 5) is 23.2. The first-order valence-corrected chi connectivity index (χ1v) is 10.0. The van der Waals surface area contributed by atoms with E-state index in [1.54, 1.807) is 0 Å². The Labute approximate surface area is 173 Å². The Morgan fingerprint density at radius 3 is 2.50 bits per heavy atom. The van der Waals surface area contributed by atoms with E-state index in [0.29, 0.717) is 11.7 Å². The van der Waals surface area contributed by atoms with Gasteiger partial charge < -0.3 is 15.2 Å². The number of nitrogens with two attached hydrogens (primary N) is 1. The molecule has 0 unspecified atom stereocenters. The zero-order valence-electron chi connectivity index (χ0n) is 16.4. The highest BCUT2D eigenvalue weighted by molar-refractivity contribution is 5.94. The van der Waals surface area contributed by atoms with Crippen LogP contribution in [0.1, 0.15) is 12.8 Å². The molecular weight excluding hydrogens is 378 g/mol. The third-order valence-electron chi connectivity index (χ3n) is 5.61. The number of para-hydroxylation sites is 1. The minimum atomic E-state index is -0.221. The lowest BCUT2D eigenvalue weighted by Gasteiger charge is -2.31. The summed E-state index contributed by atoms with van der Waals surface area (Å²) in [6.07, 6.45) is 1.47. The molecule has 30 heavy (non-hydrogen) atoms. The van der Waals surface area contributed by atoms with Gasteiger partial charge in [-0.05, 0) is 25.0 Å².